The first-order valence-corrected chi connectivity index (χ1v) is 4.62. The van der Waals surface area contributed by atoms with E-state index >= 15 is 0 Å². The molecule has 2 heteroatoms. The maximum absolute atomic E-state index is 3.51. The molecule has 0 spiro atoms. The second-order valence-corrected chi connectivity index (χ2v) is 3.80. The maximum Gasteiger partial charge on any atom is -1.00 e. The van der Waals surface area contributed by atoms with Crippen molar-refractivity contribution in [2.45, 2.75) is 24.6 Å². The predicted molar refractivity (Wildman–Crippen MR) is 44.3 cm³/mol. The number of benzene rings is 1. The Morgan fingerprint density at radius 1 is 1.17 bits per heavy atom. The maximum atomic E-state index is 3.51. The SMILES string of the molecule is CC(C)([CH2][Mn+])c1ccccc1.[Cl-]. The zero-order chi connectivity index (χ0) is 8.32. The van der Waals surface area contributed by atoms with Gasteiger partial charge >= 0.3 is 76.5 Å². The summed E-state index contributed by atoms with van der Waals surface area (Å²) in [4.78, 5) is 0. The average Bonchev–Trinajstić information content (AvgIpc) is 2.06. The van der Waals surface area contributed by atoms with Crippen LogP contribution in [0.15, 0.2) is 30.3 Å². The summed E-state index contributed by atoms with van der Waals surface area (Å²) in [5.74, 6) is 0. The fraction of sp³-hybridized carbons (Fsp3) is 0.400. The fourth-order valence-electron chi connectivity index (χ4n) is 0.966. The average molecular weight is 224 g/mol. The van der Waals surface area contributed by atoms with Crippen LogP contribution in [0.1, 0.15) is 19.4 Å². The second-order valence-electron chi connectivity index (χ2n) is 3.38. The molecule has 67 valence electrons. The predicted octanol–water partition coefficient (Wildman–Crippen LogP) is -0.0667. The van der Waals surface area contributed by atoms with Gasteiger partial charge in [-0.15, -0.1) is 0 Å². The minimum atomic E-state index is 0. The van der Waals surface area contributed by atoms with Gasteiger partial charge in [0.2, 0.25) is 0 Å². The van der Waals surface area contributed by atoms with Crippen LogP contribution < -0.4 is 12.4 Å². The van der Waals surface area contributed by atoms with Crippen LogP contribution in [0.5, 0.6) is 0 Å². The first-order valence-electron chi connectivity index (χ1n) is 3.78. The Morgan fingerprint density at radius 2 is 1.67 bits per heavy atom. The van der Waals surface area contributed by atoms with E-state index in [4.69, 9.17) is 0 Å². The molecule has 0 atom stereocenters. The standard InChI is InChI=1S/C10H13.ClH.Mn/c1-10(2,3)9-7-5-4-6-8-9;;/h4-8H,1H2,2-3H3;1H;/q;;+1/p-1. The van der Waals surface area contributed by atoms with E-state index in [1.807, 2.05) is 6.07 Å². The van der Waals surface area contributed by atoms with Crippen molar-refractivity contribution in [2.24, 2.45) is 0 Å². The fourth-order valence-corrected chi connectivity index (χ4v) is 1.21. The molecule has 0 fully saturated rings. The Labute approximate surface area is 89.0 Å². The van der Waals surface area contributed by atoms with E-state index in [0.717, 1.165) is 5.32 Å². The summed E-state index contributed by atoms with van der Waals surface area (Å²) < 4.78 is 0. The first kappa shape index (κ1) is 12.0. The summed E-state index contributed by atoms with van der Waals surface area (Å²) in [6.07, 6.45) is 0. The molecule has 0 aliphatic rings. The Balaban J connectivity index is 0.00000121. The summed E-state index contributed by atoms with van der Waals surface area (Å²) in [6.45, 7) is 4.47. The van der Waals surface area contributed by atoms with Crippen LogP contribution in [0, 0.1) is 0 Å². The van der Waals surface area contributed by atoms with Crippen LogP contribution in [-0.4, -0.2) is 0 Å². The Hall–Kier alpha value is 0.0295. The van der Waals surface area contributed by atoms with Gasteiger partial charge in [-0.3, -0.25) is 0 Å². The van der Waals surface area contributed by atoms with Crippen LogP contribution in [0.4, 0.5) is 0 Å². The van der Waals surface area contributed by atoms with E-state index in [1.165, 1.54) is 5.56 Å². The van der Waals surface area contributed by atoms with Crippen molar-refractivity contribution in [1.29, 1.82) is 0 Å². The van der Waals surface area contributed by atoms with Gasteiger partial charge in [-0.05, 0) is 0 Å². The number of hydrogen-bond donors (Lipinski definition) is 0. The van der Waals surface area contributed by atoms with Crippen molar-refractivity contribution in [1.82, 2.24) is 0 Å². The molecular formula is C10H13ClMn. The molecule has 0 saturated heterocycles. The molecule has 0 unspecified atom stereocenters. The van der Waals surface area contributed by atoms with Gasteiger partial charge in [0.05, 0.1) is 0 Å². The molecule has 1 aromatic carbocycles. The number of rotatable bonds is 2. The largest absolute Gasteiger partial charge is 1.00 e. The van der Waals surface area contributed by atoms with Gasteiger partial charge in [0, 0.05) is 0 Å². The van der Waals surface area contributed by atoms with Gasteiger partial charge in [-0.2, -0.15) is 0 Å². The Bertz CT molecular complexity index is 219. The summed E-state index contributed by atoms with van der Waals surface area (Å²) >= 11 is 3.51. The van der Waals surface area contributed by atoms with Crippen molar-refractivity contribution < 1.29 is 28.4 Å². The van der Waals surface area contributed by atoms with Crippen LogP contribution in [0.3, 0.4) is 0 Å². The summed E-state index contributed by atoms with van der Waals surface area (Å²) in [5.41, 5.74) is 1.64. The number of halogens is 1. The Morgan fingerprint density at radius 3 is 2.08 bits per heavy atom. The van der Waals surface area contributed by atoms with Gasteiger partial charge in [0.25, 0.3) is 0 Å². The number of hydrogen-bond acceptors (Lipinski definition) is 0. The molecule has 1 rings (SSSR count). The van der Waals surface area contributed by atoms with Crippen molar-refractivity contribution in [3.63, 3.8) is 0 Å². The van der Waals surface area contributed by atoms with E-state index in [0.29, 0.717) is 0 Å². The first-order chi connectivity index (χ1) is 5.17. The van der Waals surface area contributed by atoms with E-state index in [9.17, 15) is 0 Å². The van der Waals surface area contributed by atoms with Crippen molar-refractivity contribution in [3.05, 3.63) is 35.9 Å². The van der Waals surface area contributed by atoms with Gasteiger partial charge in [-0.1, -0.05) is 0 Å². The van der Waals surface area contributed by atoms with Gasteiger partial charge in [-0.25, -0.2) is 0 Å². The normalized spacial score (nSPS) is 10.5. The molecule has 0 heterocycles. The quantitative estimate of drug-likeness (QED) is 0.616. The molecule has 0 bridgehead atoms. The van der Waals surface area contributed by atoms with Gasteiger partial charge in [0.1, 0.15) is 0 Å². The van der Waals surface area contributed by atoms with Crippen LogP contribution in [0.2, 0.25) is 5.32 Å². The molecule has 0 aliphatic heterocycles. The minimum Gasteiger partial charge on any atom is -1.00 e. The third kappa shape index (κ3) is 2.82. The monoisotopic (exact) mass is 223 g/mol. The van der Waals surface area contributed by atoms with Crippen molar-refractivity contribution in [3.8, 4) is 0 Å². The summed E-state index contributed by atoms with van der Waals surface area (Å²) in [6, 6.07) is 10.6. The molecular weight excluding hydrogens is 211 g/mol. The molecule has 12 heavy (non-hydrogen) atoms. The molecule has 1 aromatic rings. The molecule has 0 nitrogen and oxygen atoms in total. The van der Waals surface area contributed by atoms with Crippen molar-refractivity contribution >= 4 is 0 Å². The second kappa shape index (κ2) is 4.91. The van der Waals surface area contributed by atoms with Gasteiger partial charge in [0.15, 0.2) is 0 Å². The molecule has 0 aromatic heterocycles. The van der Waals surface area contributed by atoms with Crippen molar-refractivity contribution in [2.75, 3.05) is 0 Å². The third-order valence-corrected chi connectivity index (χ3v) is 2.93. The zero-order valence-corrected chi connectivity index (χ0v) is 9.29. The van der Waals surface area contributed by atoms with E-state index < -0.39 is 0 Å². The van der Waals surface area contributed by atoms with Crippen LogP contribution >= 0.6 is 0 Å². The smallest absolute Gasteiger partial charge is 1.00 e. The van der Waals surface area contributed by atoms with E-state index in [2.05, 4.69) is 54.1 Å². The minimum absolute atomic E-state index is 0. The van der Waals surface area contributed by atoms with Crippen LogP contribution in [-0.2, 0) is 21.4 Å². The summed E-state index contributed by atoms with van der Waals surface area (Å²) in [7, 11) is 0. The third-order valence-electron chi connectivity index (χ3n) is 1.89. The molecule has 0 radical (unpaired) electrons. The van der Waals surface area contributed by atoms with Crippen LogP contribution in [0.25, 0.3) is 0 Å². The van der Waals surface area contributed by atoms with Gasteiger partial charge < -0.3 is 12.4 Å². The zero-order valence-electron chi connectivity index (χ0n) is 7.35. The molecule has 0 amide bonds. The Kier molecular flexibility index (Phi) is 4.92. The molecule has 0 aliphatic carbocycles. The molecule has 0 saturated carbocycles. The van der Waals surface area contributed by atoms with E-state index in [1.54, 1.807) is 0 Å². The molecule has 0 N–H and O–H groups in total. The summed E-state index contributed by atoms with van der Waals surface area (Å²) in [5, 5.41) is 1.00. The topological polar surface area (TPSA) is 0 Å². The van der Waals surface area contributed by atoms with E-state index in [-0.39, 0.29) is 17.8 Å².